The fourth-order valence-electron chi connectivity index (χ4n) is 1.47. The lowest BCUT2D eigenvalue weighted by Gasteiger charge is -2.20. The fraction of sp³-hybridized carbons (Fsp3) is 0.417. The molecule has 5 nitrogen and oxygen atoms in total. The van der Waals surface area contributed by atoms with Crippen molar-refractivity contribution in [1.29, 1.82) is 5.41 Å². The monoisotopic (exact) mass is 271 g/mol. The minimum Gasteiger partial charge on any atom is -0.394 e. The number of amidine groups is 1. The Kier molecular flexibility index (Phi) is 5.91. The van der Waals surface area contributed by atoms with Crippen LogP contribution in [-0.2, 0) is 4.74 Å². The van der Waals surface area contributed by atoms with Gasteiger partial charge in [-0.15, -0.1) is 0 Å². The van der Waals surface area contributed by atoms with Crippen molar-refractivity contribution in [3.63, 3.8) is 0 Å². The quantitative estimate of drug-likeness (QED) is 0.394. The summed E-state index contributed by atoms with van der Waals surface area (Å²) < 4.78 is 5.19. The van der Waals surface area contributed by atoms with Gasteiger partial charge in [0.2, 0.25) is 0 Å². The maximum Gasteiger partial charge on any atom is 0.122 e. The molecule has 100 valence electrons. The van der Waals surface area contributed by atoms with Gasteiger partial charge in [-0.1, -0.05) is 11.6 Å². The number of nitrogens with two attached hydrogens (primary N) is 1. The van der Waals surface area contributed by atoms with E-state index in [2.05, 4.69) is 0 Å². The average Bonchev–Trinajstić information content (AvgIpc) is 2.34. The summed E-state index contributed by atoms with van der Waals surface area (Å²) in [6, 6.07) is 5.25. The molecule has 0 aliphatic heterocycles. The molecule has 0 aromatic heterocycles. The molecule has 0 fully saturated rings. The van der Waals surface area contributed by atoms with Crippen LogP contribution in [0.2, 0.25) is 5.02 Å². The summed E-state index contributed by atoms with van der Waals surface area (Å²) in [4.78, 5) is 1.95. The summed E-state index contributed by atoms with van der Waals surface area (Å²) in [7, 11) is 1.90. The van der Waals surface area contributed by atoms with Crippen molar-refractivity contribution in [2.45, 2.75) is 0 Å². The highest BCUT2D eigenvalue weighted by molar-refractivity contribution is 6.33. The van der Waals surface area contributed by atoms with Crippen LogP contribution in [0.15, 0.2) is 18.2 Å². The van der Waals surface area contributed by atoms with Gasteiger partial charge in [0.15, 0.2) is 0 Å². The summed E-state index contributed by atoms with van der Waals surface area (Å²) in [6.45, 7) is 1.55. The molecule has 0 aliphatic carbocycles. The van der Waals surface area contributed by atoms with Gasteiger partial charge in [-0.3, -0.25) is 5.41 Å². The van der Waals surface area contributed by atoms with Gasteiger partial charge >= 0.3 is 0 Å². The van der Waals surface area contributed by atoms with Crippen molar-refractivity contribution in [2.75, 3.05) is 38.3 Å². The van der Waals surface area contributed by atoms with Gasteiger partial charge < -0.3 is 20.5 Å². The predicted molar refractivity (Wildman–Crippen MR) is 73.6 cm³/mol. The van der Waals surface area contributed by atoms with E-state index < -0.39 is 0 Å². The second kappa shape index (κ2) is 7.20. The molecule has 0 bridgehead atoms. The zero-order valence-electron chi connectivity index (χ0n) is 10.3. The minimum absolute atomic E-state index is 0.00242. The molecule has 0 aliphatic rings. The molecule has 0 atom stereocenters. The van der Waals surface area contributed by atoms with Crippen molar-refractivity contribution in [3.8, 4) is 0 Å². The van der Waals surface area contributed by atoms with Gasteiger partial charge in [-0.05, 0) is 18.2 Å². The third kappa shape index (κ3) is 4.18. The topological polar surface area (TPSA) is 82.6 Å². The number of hydrogen-bond donors (Lipinski definition) is 3. The maximum atomic E-state index is 8.58. The van der Waals surface area contributed by atoms with Crippen LogP contribution in [0.1, 0.15) is 5.56 Å². The van der Waals surface area contributed by atoms with Crippen molar-refractivity contribution in [2.24, 2.45) is 5.73 Å². The van der Waals surface area contributed by atoms with Crippen LogP contribution in [0, 0.1) is 5.41 Å². The lowest BCUT2D eigenvalue weighted by molar-refractivity contribution is 0.0971. The summed E-state index contributed by atoms with van der Waals surface area (Å²) in [5.74, 6) is -0.00242. The van der Waals surface area contributed by atoms with Crippen LogP contribution in [0.4, 0.5) is 5.69 Å². The number of benzene rings is 1. The van der Waals surface area contributed by atoms with Gasteiger partial charge in [0.1, 0.15) is 5.84 Å². The van der Waals surface area contributed by atoms with Gasteiger partial charge in [-0.2, -0.15) is 0 Å². The predicted octanol–water partition coefficient (Wildman–Crippen LogP) is 1.07. The molecule has 0 spiro atoms. The van der Waals surface area contributed by atoms with E-state index in [0.29, 0.717) is 30.3 Å². The standard InChI is InChI=1S/C12H18ClN3O2/c1-16(4-6-18-7-5-17)11-3-2-9(12(14)15)8-10(11)13/h2-3,8,17H,4-7H2,1H3,(H3,14,15). The van der Waals surface area contributed by atoms with Crippen LogP contribution < -0.4 is 10.6 Å². The van der Waals surface area contributed by atoms with Crippen molar-refractivity contribution >= 4 is 23.1 Å². The highest BCUT2D eigenvalue weighted by Gasteiger charge is 2.08. The van der Waals surface area contributed by atoms with Gasteiger partial charge in [-0.25, -0.2) is 0 Å². The minimum atomic E-state index is -0.00242. The Hall–Kier alpha value is -1.30. The number of nitrogens with one attached hydrogen (secondary N) is 1. The number of anilines is 1. The Morgan fingerprint density at radius 3 is 2.78 bits per heavy atom. The lowest BCUT2D eigenvalue weighted by atomic mass is 10.2. The number of aliphatic hydroxyl groups excluding tert-OH is 1. The van der Waals surface area contributed by atoms with E-state index in [9.17, 15) is 0 Å². The number of likely N-dealkylation sites (N-methyl/N-ethyl adjacent to an activating group) is 1. The van der Waals surface area contributed by atoms with E-state index in [4.69, 9.17) is 32.6 Å². The molecule has 4 N–H and O–H groups in total. The van der Waals surface area contributed by atoms with Crippen LogP contribution in [0.3, 0.4) is 0 Å². The van der Waals surface area contributed by atoms with Gasteiger partial charge in [0.05, 0.1) is 30.5 Å². The zero-order chi connectivity index (χ0) is 13.5. The number of nitrogen functional groups attached to an aromatic ring is 1. The van der Waals surface area contributed by atoms with E-state index in [1.807, 2.05) is 18.0 Å². The van der Waals surface area contributed by atoms with Gasteiger partial charge in [0.25, 0.3) is 0 Å². The van der Waals surface area contributed by atoms with E-state index in [0.717, 1.165) is 5.69 Å². The number of ether oxygens (including phenoxy) is 1. The van der Waals surface area contributed by atoms with Crippen LogP contribution >= 0.6 is 11.6 Å². The molecule has 0 saturated carbocycles. The Morgan fingerprint density at radius 2 is 2.22 bits per heavy atom. The highest BCUT2D eigenvalue weighted by Crippen LogP contribution is 2.25. The molecule has 0 heterocycles. The molecule has 0 amide bonds. The molecular weight excluding hydrogens is 254 g/mol. The van der Waals surface area contributed by atoms with Crippen LogP contribution in [-0.4, -0.2) is 44.4 Å². The summed E-state index contributed by atoms with van der Waals surface area (Å²) >= 11 is 6.13. The SMILES string of the molecule is CN(CCOCCO)c1ccc(C(=N)N)cc1Cl. The number of halogens is 1. The smallest absolute Gasteiger partial charge is 0.122 e. The third-order valence-electron chi connectivity index (χ3n) is 2.48. The van der Waals surface area contributed by atoms with Crippen molar-refractivity contribution in [3.05, 3.63) is 28.8 Å². The first-order valence-corrected chi connectivity index (χ1v) is 5.97. The highest BCUT2D eigenvalue weighted by atomic mass is 35.5. The summed E-state index contributed by atoms with van der Waals surface area (Å²) in [5, 5.41) is 16.5. The third-order valence-corrected chi connectivity index (χ3v) is 2.78. The Bertz CT molecular complexity index is 412. The number of nitrogens with zero attached hydrogens (tertiary/aromatic N) is 1. The average molecular weight is 272 g/mol. The number of rotatable bonds is 7. The zero-order valence-corrected chi connectivity index (χ0v) is 11.1. The Labute approximate surface area is 112 Å². The molecule has 6 heteroatoms. The van der Waals surface area contributed by atoms with Crippen molar-refractivity contribution in [1.82, 2.24) is 0 Å². The molecule has 1 rings (SSSR count). The first-order valence-electron chi connectivity index (χ1n) is 5.60. The second-order valence-corrected chi connectivity index (χ2v) is 4.24. The van der Waals surface area contributed by atoms with Gasteiger partial charge in [0, 0.05) is 19.2 Å². The van der Waals surface area contributed by atoms with E-state index in [-0.39, 0.29) is 12.4 Å². The number of aliphatic hydroxyl groups is 1. The van der Waals surface area contributed by atoms with E-state index >= 15 is 0 Å². The molecular formula is C12H18ClN3O2. The normalized spacial score (nSPS) is 10.4. The molecule has 1 aromatic rings. The maximum absolute atomic E-state index is 8.58. The van der Waals surface area contributed by atoms with E-state index in [1.165, 1.54) is 0 Å². The van der Waals surface area contributed by atoms with E-state index in [1.54, 1.807) is 12.1 Å². The van der Waals surface area contributed by atoms with Crippen LogP contribution in [0.25, 0.3) is 0 Å². The first-order chi connectivity index (χ1) is 8.56. The summed E-state index contributed by atoms with van der Waals surface area (Å²) in [5.41, 5.74) is 6.85. The van der Waals surface area contributed by atoms with Crippen molar-refractivity contribution < 1.29 is 9.84 Å². The largest absolute Gasteiger partial charge is 0.394 e. The summed E-state index contributed by atoms with van der Waals surface area (Å²) in [6.07, 6.45) is 0. The molecule has 18 heavy (non-hydrogen) atoms. The fourth-order valence-corrected chi connectivity index (χ4v) is 1.80. The van der Waals surface area contributed by atoms with Crippen LogP contribution in [0.5, 0.6) is 0 Å². The number of hydrogen-bond acceptors (Lipinski definition) is 4. The Morgan fingerprint density at radius 1 is 1.50 bits per heavy atom. The molecule has 0 radical (unpaired) electrons. The Balaban J connectivity index is 2.62. The first kappa shape index (κ1) is 14.8. The molecule has 0 saturated heterocycles. The molecule has 1 aromatic carbocycles. The molecule has 0 unspecified atom stereocenters. The lowest BCUT2D eigenvalue weighted by Crippen LogP contribution is -2.23. The second-order valence-electron chi connectivity index (χ2n) is 3.84.